The van der Waals surface area contributed by atoms with E-state index < -0.39 is 0 Å². The summed E-state index contributed by atoms with van der Waals surface area (Å²) in [5.41, 5.74) is 3.91. The molecule has 1 aromatic carbocycles. The molecule has 1 saturated heterocycles. The highest BCUT2D eigenvalue weighted by molar-refractivity contribution is 5.92. The predicted octanol–water partition coefficient (Wildman–Crippen LogP) is 4.18. The fraction of sp³-hybridized carbons (Fsp3) is 0.333. The minimum absolute atomic E-state index is 0.0659. The number of nitrogens with zero attached hydrogens (tertiary/aromatic N) is 3. The van der Waals surface area contributed by atoms with Crippen molar-refractivity contribution >= 4 is 11.6 Å². The Bertz CT molecular complexity index is 1020. The zero-order chi connectivity index (χ0) is 21.1. The number of hydrogen-bond donors (Lipinski definition) is 0. The SMILES string of the molecule is CCc1cc(-c2ccc(C(=O)N3CCN(c4ccccc4)CC3)o2)c(C)nc1OC. The second kappa shape index (κ2) is 8.61. The van der Waals surface area contributed by atoms with Crippen LogP contribution >= 0.6 is 0 Å². The summed E-state index contributed by atoms with van der Waals surface area (Å²) in [4.78, 5) is 21.7. The normalized spacial score (nSPS) is 14.1. The molecule has 0 aliphatic carbocycles. The van der Waals surface area contributed by atoms with E-state index >= 15 is 0 Å². The molecule has 6 heteroatoms. The van der Waals surface area contributed by atoms with E-state index in [-0.39, 0.29) is 5.91 Å². The van der Waals surface area contributed by atoms with Crippen LogP contribution in [0.5, 0.6) is 5.88 Å². The molecule has 1 aliphatic rings. The Morgan fingerprint density at radius 1 is 1.10 bits per heavy atom. The van der Waals surface area contributed by atoms with Crippen molar-refractivity contribution in [2.75, 3.05) is 38.2 Å². The van der Waals surface area contributed by atoms with Crippen LogP contribution in [0.25, 0.3) is 11.3 Å². The van der Waals surface area contributed by atoms with Crippen LogP contribution < -0.4 is 9.64 Å². The number of carbonyl (C=O) groups is 1. The second-order valence-electron chi connectivity index (χ2n) is 7.42. The Morgan fingerprint density at radius 2 is 1.83 bits per heavy atom. The van der Waals surface area contributed by atoms with Crippen LogP contribution in [0.4, 0.5) is 5.69 Å². The molecule has 2 aromatic heterocycles. The van der Waals surface area contributed by atoms with Gasteiger partial charge in [0, 0.05) is 43.0 Å². The van der Waals surface area contributed by atoms with Crippen LogP contribution in [0, 0.1) is 6.92 Å². The predicted molar refractivity (Wildman–Crippen MR) is 117 cm³/mol. The molecule has 0 N–H and O–H groups in total. The third kappa shape index (κ3) is 3.90. The topological polar surface area (TPSA) is 58.8 Å². The average molecular weight is 405 g/mol. The standard InChI is InChI=1S/C24H27N3O3/c1-4-18-16-20(17(2)25-23(18)29-3)21-10-11-22(30-21)24(28)27-14-12-26(13-15-27)19-8-6-5-7-9-19/h5-11,16H,4,12-15H2,1-3H3. The fourth-order valence-electron chi connectivity index (χ4n) is 3.86. The van der Waals surface area contributed by atoms with Gasteiger partial charge in [0.15, 0.2) is 5.76 Å². The maximum atomic E-state index is 13.0. The number of furan rings is 1. The van der Waals surface area contributed by atoms with E-state index in [1.165, 1.54) is 5.69 Å². The van der Waals surface area contributed by atoms with E-state index in [0.29, 0.717) is 30.5 Å². The first-order valence-corrected chi connectivity index (χ1v) is 10.3. The van der Waals surface area contributed by atoms with Crippen molar-refractivity contribution in [3.05, 3.63) is 65.5 Å². The molecule has 1 amide bonds. The highest BCUT2D eigenvalue weighted by atomic mass is 16.5. The molecule has 3 aromatic rings. The summed E-state index contributed by atoms with van der Waals surface area (Å²) >= 11 is 0. The molecule has 0 bridgehead atoms. The van der Waals surface area contributed by atoms with Crippen LogP contribution in [-0.4, -0.2) is 49.1 Å². The van der Waals surface area contributed by atoms with Crippen LogP contribution in [0.1, 0.15) is 28.7 Å². The quantitative estimate of drug-likeness (QED) is 0.637. The number of pyridine rings is 1. The van der Waals surface area contributed by atoms with Gasteiger partial charge in [0.05, 0.1) is 12.8 Å². The Morgan fingerprint density at radius 3 is 2.50 bits per heavy atom. The van der Waals surface area contributed by atoms with Gasteiger partial charge < -0.3 is 19.0 Å². The average Bonchev–Trinajstić information content (AvgIpc) is 3.29. The maximum absolute atomic E-state index is 13.0. The summed E-state index contributed by atoms with van der Waals surface area (Å²) in [5, 5.41) is 0. The lowest BCUT2D eigenvalue weighted by molar-refractivity contribution is 0.0715. The lowest BCUT2D eigenvalue weighted by Gasteiger charge is -2.35. The van der Waals surface area contributed by atoms with Gasteiger partial charge in [-0.3, -0.25) is 4.79 Å². The van der Waals surface area contributed by atoms with E-state index in [0.717, 1.165) is 36.3 Å². The number of carbonyl (C=O) groups excluding carboxylic acids is 1. The van der Waals surface area contributed by atoms with E-state index in [9.17, 15) is 4.79 Å². The number of benzene rings is 1. The Hall–Kier alpha value is -3.28. The van der Waals surface area contributed by atoms with Crippen molar-refractivity contribution in [2.45, 2.75) is 20.3 Å². The van der Waals surface area contributed by atoms with E-state index in [1.54, 1.807) is 13.2 Å². The van der Waals surface area contributed by atoms with Crippen molar-refractivity contribution < 1.29 is 13.9 Å². The number of amides is 1. The third-order valence-electron chi connectivity index (χ3n) is 5.60. The number of ether oxygens (including phenoxy) is 1. The smallest absolute Gasteiger partial charge is 0.289 e. The number of methoxy groups -OCH3 is 1. The van der Waals surface area contributed by atoms with Gasteiger partial charge in [0.2, 0.25) is 5.88 Å². The van der Waals surface area contributed by atoms with Crippen molar-refractivity contribution in [3.63, 3.8) is 0 Å². The number of piperazine rings is 1. The number of anilines is 1. The van der Waals surface area contributed by atoms with Crippen molar-refractivity contribution in [1.29, 1.82) is 0 Å². The molecule has 0 unspecified atom stereocenters. The molecule has 0 spiro atoms. The van der Waals surface area contributed by atoms with Gasteiger partial charge in [-0.2, -0.15) is 0 Å². The maximum Gasteiger partial charge on any atom is 0.289 e. The summed E-state index contributed by atoms with van der Waals surface area (Å²) in [6.45, 7) is 6.95. The van der Waals surface area contributed by atoms with Gasteiger partial charge in [-0.1, -0.05) is 25.1 Å². The highest BCUT2D eigenvalue weighted by Crippen LogP contribution is 2.30. The third-order valence-corrected chi connectivity index (χ3v) is 5.60. The fourth-order valence-corrected chi connectivity index (χ4v) is 3.86. The number of para-hydroxylation sites is 1. The molecule has 0 saturated carbocycles. The van der Waals surface area contributed by atoms with Crippen LogP contribution in [-0.2, 0) is 6.42 Å². The molecule has 4 rings (SSSR count). The molecule has 0 atom stereocenters. The van der Waals surface area contributed by atoms with Crippen LogP contribution in [0.3, 0.4) is 0 Å². The molecule has 1 fully saturated rings. The summed E-state index contributed by atoms with van der Waals surface area (Å²) in [6, 6.07) is 15.9. The molecular formula is C24H27N3O3. The summed E-state index contributed by atoms with van der Waals surface area (Å²) in [5.74, 6) is 1.59. The van der Waals surface area contributed by atoms with E-state index in [1.807, 2.05) is 42.2 Å². The van der Waals surface area contributed by atoms with Crippen molar-refractivity contribution in [3.8, 4) is 17.2 Å². The zero-order valence-electron chi connectivity index (χ0n) is 17.7. The first-order chi connectivity index (χ1) is 14.6. The Balaban J connectivity index is 1.48. The number of rotatable bonds is 5. The number of aryl methyl sites for hydroxylation is 2. The lowest BCUT2D eigenvalue weighted by Crippen LogP contribution is -2.48. The van der Waals surface area contributed by atoms with Gasteiger partial charge in [0.1, 0.15) is 5.76 Å². The molecule has 0 radical (unpaired) electrons. The lowest BCUT2D eigenvalue weighted by atomic mass is 10.1. The highest BCUT2D eigenvalue weighted by Gasteiger charge is 2.25. The van der Waals surface area contributed by atoms with Gasteiger partial charge in [-0.05, 0) is 43.7 Å². The van der Waals surface area contributed by atoms with Crippen molar-refractivity contribution in [1.82, 2.24) is 9.88 Å². The molecule has 30 heavy (non-hydrogen) atoms. The summed E-state index contributed by atoms with van der Waals surface area (Å²) in [6.07, 6.45) is 0.807. The Labute approximate surface area is 177 Å². The van der Waals surface area contributed by atoms with Gasteiger partial charge in [-0.25, -0.2) is 4.98 Å². The van der Waals surface area contributed by atoms with Gasteiger partial charge >= 0.3 is 0 Å². The minimum atomic E-state index is -0.0659. The molecule has 1 aliphatic heterocycles. The molecule has 3 heterocycles. The molecule has 6 nitrogen and oxygen atoms in total. The van der Waals surface area contributed by atoms with Gasteiger partial charge in [0.25, 0.3) is 5.91 Å². The second-order valence-corrected chi connectivity index (χ2v) is 7.42. The van der Waals surface area contributed by atoms with Gasteiger partial charge in [-0.15, -0.1) is 0 Å². The van der Waals surface area contributed by atoms with E-state index in [4.69, 9.17) is 9.15 Å². The Kier molecular flexibility index (Phi) is 5.74. The van der Waals surface area contributed by atoms with Crippen molar-refractivity contribution in [2.24, 2.45) is 0 Å². The van der Waals surface area contributed by atoms with Crippen LogP contribution in [0.15, 0.2) is 52.9 Å². The first kappa shape index (κ1) is 20.0. The minimum Gasteiger partial charge on any atom is -0.481 e. The summed E-state index contributed by atoms with van der Waals surface area (Å²) < 4.78 is 11.3. The molecule has 156 valence electrons. The van der Waals surface area contributed by atoms with E-state index in [2.05, 4.69) is 28.9 Å². The largest absolute Gasteiger partial charge is 0.481 e. The molecular weight excluding hydrogens is 378 g/mol. The number of aromatic nitrogens is 1. The zero-order valence-corrected chi connectivity index (χ0v) is 17.7. The summed E-state index contributed by atoms with van der Waals surface area (Å²) in [7, 11) is 1.63. The first-order valence-electron chi connectivity index (χ1n) is 10.3. The monoisotopic (exact) mass is 405 g/mol. The van der Waals surface area contributed by atoms with Crippen LogP contribution in [0.2, 0.25) is 0 Å². The number of hydrogen-bond acceptors (Lipinski definition) is 5.